The molecule has 0 amide bonds. The predicted octanol–water partition coefficient (Wildman–Crippen LogP) is 5.55. The van der Waals surface area contributed by atoms with Crippen molar-refractivity contribution < 1.29 is 13.5 Å². The normalized spacial score (nSPS) is 13.1. The molecule has 0 fully saturated rings. The fraction of sp³-hybridized carbons (Fsp3) is 0.333. The number of ether oxygens (including phenoxy) is 1. The highest BCUT2D eigenvalue weighted by Gasteiger charge is 2.13. The van der Waals surface area contributed by atoms with Gasteiger partial charge in [0.1, 0.15) is 6.61 Å². The predicted molar refractivity (Wildman–Crippen MR) is 81.7 cm³/mol. The van der Waals surface area contributed by atoms with Gasteiger partial charge in [-0.3, -0.25) is 0 Å². The molecule has 0 saturated carbocycles. The standard InChI is InChI=1S/C15H14BrClF2O/c16-13-6-5-12(10-3-1-2-4-11(10)13)14(17)7-8-20-9-15(18)19/h1-6,14-15H,7-9H2. The molecule has 0 aliphatic carbocycles. The fourth-order valence-electron chi connectivity index (χ4n) is 2.07. The van der Waals surface area contributed by atoms with Crippen molar-refractivity contribution in [2.75, 3.05) is 13.2 Å². The zero-order chi connectivity index (χ0) is 14.5. The largest absolute Gasteiger partial charge is 0.375 e. The fourth-order valence-corrected chi connectivity index (χ4v) is 2.83. The number of benzene rings is 2. The molecule has 0 bridgehead atoms. The van der Waals surface area contributed by atoms with Crippen LogP contribution in [0.25, 0.3) is 10.8 Å². The molecule has 2 rings (SSSR count). The van der Waals surface area contributed by atoms with Crippen LogP contribution in [0, 0.1) is 0 Å². The minimum absolute atomic E-state index is 0.225. The van der Waals surface area contributed by atoms with Crippen molar-refractivity contribution in [3.63, 3.8) is 0 Å². The van der Waals surface area contributed by atoms with E-state index in [1.165, 1.54) is 0 Å². The number of halogens is 4. The summed E-state index contributed by atoms with van der Waals surface area (Å²) in [4.78, 5) is 0. The first-order valence-corrected chi connectivity index (χ1v) is 7.49. The summed E-state index contributed by atoms with van der Waals surface area (Å²) in [6.07, 6.45) is -1.93. The van der Waals surface area contributed by atoms with E-state index in [1.54, 1.807) is 0 Å². The van der Waals surface area contributed by atoms with E-state index in [9.17, 15) is 8.78 Å². The van der Waals surface area contributed by atoms with E-state index in [0.717, 1.165) is 20.8 Å². The maximum Gasteiger partial charge on any atom is 0.261 e. The zero-order valence-electron chi connectivity index (χ0n) is 10.7. The Hall–Kier alpha value is -0.710. The Morgan fingerprint density at radius 3 is 2.50 bits per heavy atom. The van der Waals surface area contributed by atoms with Crippen molar-refractivity contribution in [1.82, 2.24) is 0 Å². The summed E-state index contributed by atoms with van der Waals surface area (Å²) in [5.41, 5.74) is 0.992. The Labute approximate surface area is 130 Å². The topological polar surface area (TPSA) is 9.23 Å². The minimum atomic E-state index is -2.43. The smallest absolute Gasteiger partial charge is 0.261 e. The van der Waals surface area contributed by atoms with Gasteiger partial charge in [0, 0.05) is 11.1 Å². The first kappa shape index (κ1) is 15.7. The third kappa shape index (κ3) is 3.90. The van der Waals surface area contributed by atoms with Crippen molar-refractivity contribution in [1.29, 1.82) is 0 Å². The first-order chi connectivity index (χ1) is 9.59. The van der Waals surface area contributed by atoms with E-state index in [0.29, 0.717) is 6.42 Å². The van der Waals surface area contributed by atoms with Crippen molar-refractivity contribution in [2.24, 2.45) is 0 Å². The second kappa shape index (κ2) is 7.34. The lowest BCUT2D eigenvalue weighted by Crippen LogP contribution is -2.07. The lowest BCUT2D eigenvalue weighted by Gasteiger charge is -2.14. The Morgan fingerprint density at radius 1 is 1.10 bits per heavy atom. The number of hydrogen-bond acceptors (Lipinski definition) is 1. The van der Waals surface area contributed by atoms with Crippen LogP contribution in [0.5, 0.6) is 0 Å². The van der Waals surface area contributed by atoms with Crippen LogP contribution < -0.4 is 0 Å². The first-order valence-electron chi connectivity index (χ1n) is 6.26. The molecule has 20 heavy (non-hydrogen) atoms. The lowest BCUT2D eigenvalue weighted by atomic mass is 10.0. The molecule has 2 aromatic carbocycles. The number of hydrogen-bond donors (Lipinski definition) is 0. The Bertz CT molecular complexity index is 577. The van der Waals surface area contributed by atoms with Gasteiger partial charge in [0.25, 0.3) is 6.43 Å². The molecule has 0 aliphatic heterocycles. The van der Waals surface area contributed by atoms with Gasteiger partial charge in [-0.2, -0.15) is 0 Å². The van der Waals surface area contributed by atoms with Crippen molar-refractivity contribution in [3.8, 4) is 0 Å². The highest BCUT2D eigenvalue weighted by atomic mass is 79.9. The van der Waals surface area contributed by atoms with Gasteiger partial charge in [0.15, 0.2) is 0 Å². The van der Waals surface area contributed by atoms with E-state index in [1.807, 2.05) is 36.4 Å². The van der Waals surface area contributed by atoms with Gasteiger partial charge in [-0.1, -0.05) is 46.3 Å². The molecule has 1 atom stereocenters. The van der Waals surface area contributed by atoms with Crippen LogP contribution >= 0.6 is 27.5 Å². The van der Waals surface area contributed by atoms with Crippen LogP contribution in [0.4, 0.5) is 8.78 Å². The van der Waals surface area contributed by atoms with Gasteiger partial charge in [-0.15, -0.1) is 11.6 Å². The monoisotopic (exact) mass is 362 g/mol. The van der Waals surface area contributed by atoms with Gasteiger partial charge in [0.2, 0.25) is 0 Å². The van der Waals surface area contributed by atoms with Gasteiger partial charge in [0.05, 0.1) is 5.38 Å². The van der Waals surface area contributed by atoms with Crippen LogP contribution in [0.1, 0.15) is 17.4 Å². The molecule has 1 nitrogen and oxygen atoms in total. The van der Waals surface area contributed by atoms with Gasteiger partial charge in [-0.25, -0.2) is 8.78 Å². The summed E-state index contributed by atoms with van der Waals surface area (Å²) >= 11 is 9.88. The molecular weight excluding hydrogens is 350 g/mol. The summed E-state index contributed by atoms with van der Waals surface area (Å²) in [5, 5.41) is 1.89. The molecule has 0 aromatic heterocycles. The average molecular weight is 364 g/mol. The van der Waals surface area contributed by atoms with Crippen LogP contribution in [-0.2, 0) is 4.74 Å². The summed E-state index contributed by atoms with van der Waals surface area (Å²) < 4.78 is 29.8. The molecule has 0 aliphatic rings. The number of rotatable bonds is 6. The van der Waals surface area contributed by atoms with E-state index in [4.69, 9.17) is 16.3 Å². The third-order valence-electron chi connectivity index (χ3n) is 3.00. The van der Waals surface area contributed by atoms with Crippen LogP contribution in [0.15, 0.2) is 40.9 Å². The molecule has 5 heteroatoms. The van der Waals surface area contributed by atoms with Gasteiger partial charge in [-0.05, 0) is 28.8 Å². The molecule has 1 unspecified atom stereocenters. The Morgan fingerprint density at radius 2 is 1.80 bits per heavy atom. The maximum atomic E-state index is 12.0. The van der Waals surface area contributed by atoms with E-state index >= 15 is 0 Å². The summed E-state index contributed by atoms with van der Waals surface area (Å²) in [7, 11) is 0. The number of alkyl halides is 3. The van der Waals surface area contributed by atoms with Crippen molar-refractivity contribution in [2.45, 2.75) is 18.2 Å². The highest BCUT2D eigenvalue weighted by molar-refractivity contribution is 9.10. The molecule has 0 radical (unpaired) electrons. The molecule has 0 saturated heterocycles. The maximum absolute atomic E-state index is 12.0. The SMILES string of the molecule is FC(F)COCCC(Cl)c1ccc(Br)c2ccccc12. The van der Waals surface area contributed by atoms with Crippen molar-refractivity contribution >= 4 is 38.3 Å². The average Bonchev–Trinajstić information content (AvgIpc) is 2.44. The highest BCUT2D eigenvalue weighted by Crippen LogP contribution is 2.34. The Kier molecular flexibility index (Phi) is 5.75. The zero-order valence-corrected chi connectivity index (χ0v) is 13.0. The molecular formula is C15H14BrClF2O. The van der Waals surface area contributed by atoms with Gasteiger partial charge >= 0.3 is 0 Å². The second-order valence-corrected chi connectivity index (χ2v) is 5.79. The number of fused-ring (bicyclic) bond motifs is 1. The third-order valence-corrected chi connectivity index (χ3v) is 4.15. The second-order valence-electron chi connectivity index (χ2n) is 4.40. The van der Waals surface area contributed by atoms with E-state index < -0.39 is 13.0 Å². The lowest BCUT2D eigenvalue weighted by molar-refractivity contribution is 0.0165. The molecule has 0 N–H and O–H groups in total. The van der Waals surface area contributed by atoms with E-state index in [-0.39, 0.29) is 12.0 Å². The summed E-state index contributed by atoms with van der Waals surface area (Å²) in [5.74, 6) is 0. The van der Waals surface area contributed by atoms with Crippen molar-refractivity contribution in [3.05, 3.63) is 46.4 Å². The Balaban J connectivity index is 2.10. The van der Waals surface area contributed by atoms with E-state index in [2.05, 4.69) is 15.9 Å². The molecule has 108 valence electrons. The quantitative estimate of drug-likeness (QED) is 0.483. The molecule has 0 spiro atoms. The molecule has 0 heterocycles. The van der Waals surface area contributed by atoms with Crippen LogP contribution in [0.2, 0.25) is 0 Å². The van der Waals surface area contributed by atoms with Crippen LogP contribution in [-0.4, -0.2) is 19.6 Å². The van der Waals surface area contributed by atoms with Crippen LogP contribution in [0.3, 0.4) is 0 Å². The minimum Gasteiger partial charge on any atom is -0.375 e. The van der Waals surface area contributed by atoms with Gasteiger partial charge < -0.3 is 4.74 Å². The molecule has 2 aromatic rings. The summed E-state index contributed by atoms with van der Waals surface area (Å²) in [6.45, 7) is -0.312. The summed E-state index contributed by atoms with van der Waals surface area (Å²) in [6, 6.07) is 11.8.